The molecule has 0 amide bonds. The van der Waals surface area contributed by atoms with Gasteiger partial charge in [-0.3, -0.25) is 5.43 Å². The highest BCUT2D eigenvalue weighted by atomic mass is 127. The molecule has 0 aliphatic carbocycles. The summed E-state index contributed by atoms with van der Waals surface area (Å²) in [5, 5.41) is 23.1. The van der Waals surface area contributed by atoms with E-state index >= 15 is 0 Å². The second-order valence-electron chi connectivity index (χ2n) is 10.9. The van der Waals surface area contributed by atoms with E-state index in [4.69, 9.17) is 5.10 Å². The number of halogens is 14. The molecular weight excluding hydrogens is 1280 g/mol. The lowest BCUT2D eigenvalue weighted by Crippen LogP contribution is -2.47. The summed E-state index contributed by atoms with van der Waals surface area (Å²) in [5.41, 5.74) is 6.49. The quantitative estimate of drug-likeness (QED) is 0.0773. The van der Waals surface area contributed by atoms with Crippen LogP contribution in [-0.4, -0.2) is 51.0 Å². The van der Waals surface area contributed by atoms with Gasteiger partial charge < -0.3 is 0 Å². The van der Waals surface area contributed by atoms with Crippen molar-refractivity contribution in [1.29, 1.82) is 0 Å². The lowest BCUT2D eigenvalue weighted by Gasteiger charge is -2.34. The molecule has 0 aromatic carbocycles. The molecule has 0 bridgehead atoms. The molecule has 1 unspecified atom stereocenters. The smallest absolute Gasteiger partial charge is 0.289 e. The first-order valence-corrected chi connectivity index (χ1v) is 21.1. The number of allylic oxidation sites excluding steroid dienone is 1. The van der Waals surface area contributed by atoms with Gasteiger partial charge in [0, 0.05) is 12.3 Å². The molecule has 26 heteroatoms. The third-order valence-electron chi connectivity index (χ3n) is 7.37. The molecule has 4 aromatic heterocycles. The van der Waals surface area contributed by atoms with Gasteiger partial charge in [-0.05, 0) is 147 Å². The fourth-order valence-corrected chi connectivity index (χ4v) is 9.93. The normalized spacial score (nSPS) is 18.0. The minimum absolute atomic E-state index is 0.0802. The Kier molecular flexibility index (Phi) is 11.6. The first-order chi connectivity index (χ1) is 24.2. The van der Waals surface area contributed by atoms with Crippen LogP contribution in [0.25, 0.3) is 17.2 Å². The van der Waals surface area contributed by atoms with Crippen LogP contribution in [0, 0.1) is 0 Å². The van der Waals surface area contributed by atoms with Crippen LogP contribution in [0.15, 0.2) is 48.4 Å². The fraction of sp³-hybridized carbons (Fsp3) is 0.346. The molecule has 1 radical (unpaired) electrons. The van der Waals surface area contributed by atoms with Crippen LogP contribution in [0.2, 0.25) is 0 Å². The first kappa shape index (κ1) is 40.7. The summed E-state index contributed by atoms with van der Waals surface area (Å²) in [6.45, 7) is 3.80. The van der Waals surface area contributed by atoms with E-state index in [0.717, 1.165) is 13.1 Å². The summed E-state index contributed by atoms with van der Waals surface area (Å²) in [6.07, 6.45) is -6.11. The van der Waals surface area contributed by atoms with Crippen LogP contribution >= 0.6 is 134 Å². The zero-order valence-corrected chi connectivity index (χ0v) is 39.0. The Morgan fingerprint density at radius 3 is 2.02 bits per heavy atom. The third kappa shape index (κ3) is 7.25. The number of anilines is 1. The predicted octanol–water partition coefficient (Wildman–Crippen LogP) is 10.6. The molecule has 2 aliphatic heterocycles. The van der Waals surface area contributed by atoms with Crippen molar-refractivity contribution in [3.8, 4) is 11.4 Å². The largest absolute Gasteiger partial charge is 0.437 e. The van der Waals surface area contributed by atoms with Gasteiger partial charge in [0.1, 0.15) is 35.5 Å². The maximum absolute atomic E-state index is 14.7. The first-order valence-electron chi connectivity index (χ1n) is 14.4. The Bertz CT molecular complexity index is 2160. The van der Waals surface area contributed by atoms with Gasteiger partial charge in [0.05, 0.1) is 36.2 Å². The molecule has 0 saturated carbocycles. The number of rotatable bonds is 9. The van der Waals surface area contributed by atoms with Crippen molar-refractivity contribution in [3.05, 3.63) is 60.4 Å². The maximum Gasteiger partial charge on any atom is 0.437 e. The summed E-state index contributed by atoms with van der Waals surface area (Å²) in [5.74, 6) is -0.386. The fourth-order valence-electron chi connectivity index (χ4n) is 5.22. The highest BCUT2D eigenvalue weighted by Gasteiger charge is 2.46. The van der Waals surface area contributed by atoms with E-state index in [1.165, 1.54) is 4.68 Å². The van der Waals surface area contributed by atoms with Crippen molar-refractivity contribution in [2.75, 3.05) is 5.01 Å². The molecule has 52 heavy (non-hydrogen) atoms. The summed E-state index contributed by atoms with van der Waals surface area (Å²) in [6, 6.07) is 0. The van der Waals surface area contributed by atoms with E-state index in [2.05, 4.69) is 165 Å². The lowest BCUT2D eigenvalue weighted by molar-refractivity contribution is -0.141. The van der Waals surface area contributed by atoms with Crippen LogP contribution in [-0.2, 0) is 23.6 Å². The van der Waals surface area contributed by atoms with Crippen molar-refractivity contribution in [2.24, 2.45) is 5.10 Å². The van der Waals surface area contributed by atoms with E-state index in [1.807, 2.05) is 19.9 Å². The second kappa shape index (κ2) is 14.9. The Labute approximate surface area is 362 Å². The van der Waals surface area contributed by atoms with Crippen molar-refractivity contribution in [2.45, 2.75) is 56.5 Å². The number of aryl methyl sites for hydroxylation is 2. The average Bonchev–Trinajstić information content (AvgIpc) is 3.86. The summed E-state index contributed by atoms with van der Waals surface area (Å²) in [4.78, 5) is 0. The number of hydrogen-bond donors (Lipinski definition) is 1. The zero-order valence-electron chi connectivity index (χ0n) is 25.7. The number of aromatic nitrogens is 8. The number of alkyl halides is 7. The highest BCUT2D eigenvalue weighted by molar-refractivity contribution is 14.1. The van der Waals surface area contributed by atoms with E-state index < -0.39 is 40.4 Å². The van der Waals surface area contributed by atoms with Crippen molar-refractivity contribution in [3.63, 3.8) is 0 Å². The summed E-state index contributed by atoms with van der Waals surface area (Å²) >= 11 is 26.3. The molecule has 2 aliphatic rings. The Hall–Kier alpha value is -0.940. The van der Waals surface area contributed by atoms with Gasteiger partial charge >= 0.3 is 12.4 Å². The number of hydrogen-bond acceptors (Lipinski definition) is 7. The van der Waals surface area contributed by atoms with Crippen LogP contribution in [0.4, 0.5) is 32.0 Å². The average molecular weight is 1300 g/mol. The van der Waals surface area contributed by atoms with Gasteiger partial charge in [-0.1, -0.05) is 20.3 Å². The maximum atomic E-state index is 14.7. The Morgan fingerprint density at radius 2 is 1.44 bits per heavy atom. The van der Waals surface area contributed by atoms with Crippen LogP contribution in [0.5, 0.6) is 0 Å². The van der Waals surface area contributed by atoms with Gasteiger partial charge in [0.2, 0.25) is 4.57 Å². The summed E-state index contributed by atoms with van der Waals surface area (Å²) < 4.78 is 89.3. The lowest BCUT2D eigenvalue weighted by atomic mass is 10.2. The van der Waals surface area contributed by atoms with E-state index in [9.17, 15) is 26.3 Å². The molecule has 6 rings (SSSR count). The molecule has 1 N–H and O–H groups in total. The molecular formula is C26H17Br7F6IN12. The molecule has 4 aromatic rings. The molecule has 0 saturated heterocycles. The van der Waals surface area contributed by atoms with Crippen LogP contribution in [0.3, 0.4) is 0 Å². The van der Waals surface area contributed by atoms with Crippen molar-refractivity contribution in [1.82, 2.24) is 50.0 Å². The monoisotopic (exact) mass is 1290 g/mol. The van der Waals surface area contributed by atoms with Gasteiger partial charge in [-0.25, -0.2) is 23.7 Å². The van der Waals surface area contributed by atoms with E-state index in [1.54, 1.807) is 15.9 Å². The summed E-state index contributed by atoms with van der Waals surface area (Å²) in [7, 11) is 0. The molecule has 0 fully saturated rings. The van der Waals surface area contributed by atoms with Crippen molar-refractivity contribution < 1.29 is 26.3 Å². The highest BCUT2D eigenvalue weighted by Crippen LogP contribution is 2.47. The molecule has 12 nitrogen and oxygen atoms in total. The Morgan fingerprint density at radius 1 is 0.827 bits per heavy atom. The molecule has 6 heterocycles. The Balaban J connectivity index is 1.52. The second-order valence-corrected chi connectivity index (χ2v) is 17.8. The van der Waals surface area contributed by atoms with Gasteiger partial charge in [-0.2, -0.15) is 51.8 Å². The third-order valence-corrected chi connectivity index (χ3v) is 13.5. The van der Waals surface area contributed by atoms with E-state index in [-0.39, 0.29) is 19.5 Å². The number of nitrogens with zero attached hydrogens (tertiary/aromatic N) is 11. The minimum Gasteiger partial charge on any atom is -0.289 e. The zero-order chi connectivity index (χ0) is 38.2. The molecule has 1 atom stereocenters. The predicted molar refractivity (Wildman–Crippen MR) is 213 cm³/mol. The topological polar surface area (TPSA) is 113 Å². The van der Waals surface area contributed by atoms with Crippen molar-refractivity contribution >= 4 is 151 Å². The van der Waals surface area contributed by atoms with E-state index in [0.29, 0.717) is 55.7 Å². The molecule has 279 valence electrons. The number of hydrazine groups is 1. The minimum atomic E-state index is -5.03. The SMILES string of the molecule is CCCc1nn(-c2c(C(F)(F)F)nn(C3=C(Br)C(CC(F)(F)F)=N[N]3)c2Br)c(Br)c1-n1nc(CC)c(N2NC(I)=CC2(Br)n2cc(Br)c(Br)n2)c1Br. The van der Waals surface area contributed by atoms with Gasteiger partial charge in [0.15, 0.2) is 11.5 Å². The molecule has 0 spiro atoms. The van der Waals surface area contributed by atoms with Gasteiger partial charge in [-0.15, -0.1) is 5.43 Å². The van der Waals surface area contributed by atoms with Gasteiger partial charge in [0.25, 0.3) is 0 Å². The standard InChI is InChI=1S/C26H17Br7F6IN12/c1-3-5-11-15(49-21(31)16(10(4-2)43-49)52-24(33,7-13(40)45-52)48-8-9(27)19(29)47-48)20(30)50(44-11)17-18(26(37,38)39)46-51(22(17)32)23-14(28)12(41-42-23)6-25(34,35)36/h7-8,45H,3-6H2,1-2H3. The van der Waals surface area contributed by atoms with Crippen LogP contribution in [0.1, 0.15) is 43.8 Å². The van der Waals surface area contributed by atoms with Crippen LogP contribution < -0.4 is 15.9 Å². The number of nitrogens with one attached hydrogen (secondary N) is 1.